The van der Waals surface area contributed by atoms with Crippen LogP contribution in [0.2, 0.25) is 0 Å². The lowest BCUT2D eigenvalue weighted by Gasteiger charge is -2.45. The highest BCUT2D eigenvalue weighted by atomic mass is 28.2. The molecule has 1 unspecified atom stereocenters. The number of hydrogen-bond acceptors (Lipinski definition) is 1. The average molecular weight is 734 g/mol. The smallest absolute Gasteiger partial charge is 0.382 e. The van der Waals surface area contributed by atoms with E-state index in [0.29, 0.717) is 0 Å². The van der Waals surface area contributed by atoms with Gasteiger partial charge in [-0.25, -0.2) is 8.78 Å². The summed E-state index contributed by atoms with van der Waals surface area (Å²) in [4.78, 5) is 0. The molecule has 0 spiro atoms. The molecule has 27 heteroatoms. The quantitative estimate of drug-likeness (QED) is 0.145. The second-order valence-corrected chi connectivity index (χ2v) is 11.3. The Bertz CT molecular complexity index is 1020. The van der Waals surface area contributed by atoms with Crippen molar-refractivity contribution in [3.05, 3.63) is 0 Å². The number of ether oxygens (including phenoxy) is 1. The van der Waals surface area contributed by atoms with E-state index in [4.69, 9.17) is 0 Å². The molecule has 0 radical (unpaired) electrons. The van der Waals surface area contributed by atoms with Crippen LogP contribution in [0, 0.1) is 0 Å². The zero-order chi connectivity index (χ0) is 35.8. The summed E-state index contributed by atoms with van der Waals surface area (Å²) in [5.41, 5.74) is -8.74. The van der Waals surface area contributed by atoms with Crippen molar-refractivity contribution in [1.29, 1.82) is 0 Å². The van der Waals surface area contributed by atoms with Crippen molar-refractivity contribution in [2.75, 3.05) is 6.61 Å². The Morgan fingerprint density at radius 3 is 0.886 bits per heavy atom. The van der Waals surface area contributed by atoms with Crippen molar-refractivity contribution in [3.8, 4) is 0 Å². The van der Waals surface area contributed by atoms with Crippen LogP contribution in [-0.2, 0) is 4.74 Å². The Morgan fingerprint density at radius 1 is 0.364 bits per heavy atom. The predicted molar refractivity (Wildman–Crippen MR) is 92.6 cm³/mol. The molecule has 0 aromatic rings. The zero-order valence-electron chi connectivity index (χ0n) is 20.0. The second kappa shape index (κ2) is 10.7. The fourth-order valence-electron chi connectivity index (χ4n) is 3.37. The number of alkyl halides is 25. The third-order valence-corrected chi connectivity index (χ3v) is 8.18. The maximum atomic E-state index is 14.0. The average Bonchev–Trinajstić information content (AvgIpc) is 2.82. The molecule has 264 valence electrons. The highest BCUT2D eigenvalue weighted by Crippen LogP contribution is 2.67. The van der Waals surface area contributed by atoms with Gasteiger partial charge in [-0.15, -0.1) is 0 Å². The molecule has 0 amide bonds. The van der Waals surface area contributed by atoms with Crippen LogP contribution in [0.15, 0.2) is 0 Å². The van der Waals surface area contributed by atoms with Gasteiger partial charge in [-0.3, -0.25) is 0 Å². The van der Waals surface area contributed by atoms with E-state index < -0.39 is 99.2 Å². The first-order chi connectivity index (χ1) is 18.8. The minimum Gasteiger partial charge on any atom is -0.382 e. The van der Waals surface area contributed by atoms with E-state index in [1.165, 1.54) is 0 Å². The van der Waals surface area contributed by atoms with Crippen LogP contribution in [0.5, 0.6) is 0 Å². The molecule has 1 aliphatic heterocycles. The molecular formula is C17H11F25OSi. The van der Waals surface area contributed by atoms with Gasteiger partial charge in [0.05, 0.1) is 0 Å². The van der Waals surface area contributed by atoms with Gasteiger partial charge in [-0.1, -0.05) is 0 Å². The van der Waals surface area contributed by atoms with E-state index >= 15 is 0 Å². The Hall–Kier alpha value is -1.57. The lowest BCUT2D eigenvalue weighted by Crippen LogP contribution is -2.78. The number of hydrogen-bond donors (Lipinski definition) is 0. The lowest BCUT2D eigenvalue weighted by molar-refractivity contribution is -0.480. The van der Waals surface area contributed by atoms with Crippen LogP contribution in [0.4, 0.5) is 110 Å². The molecule has 1 aliphatic rings. The van der Waals surface area contributed by atoms with Gasteiger partial charge >= 0.3 is 65.4 Å². The van der Waals surface area contributed by atoms with Crippen LogP contribution in [0.3, 0.4) is 0 Å². The largest absolute Gasteiger partial charge is 0.460 e. The molecule has 0 aromatic carbocycles. The van der Waals surface area contributed by atoms with Gasteiger partial charge in [0.2, 0.25) is 0 Å². The van der Waals surface area contributed by atoms with Crippen LogP contribution in [-0.4, -0.2) is 92.8 Å². The summed E-state index contributed by atoms with van der Waals surface area (Å²) < 4.78 is 340. The monoisotopic (exact) mass is 734 g/mol. The predicted octanol–water partition coefficient (Wildman–Crippen LogP) is 8.19. The molecule has 1 atom stereocenters. The highest BCUT2D eigenvalue weighted by Gasteiger charge is 2.99. The Kier molecular flexibility index (Phi) is 9.87. The van der Waals surface area contributed by atoms with E-state index in [-0.39, 0.29) is 12.8 Å². The molecule has 44 heavy (non-hydrogen) atoms. The molecule has 0 aromatic heterocycles. The Balaban J connectivity index is 3.77. The Labute approximate surface area is 227 Å². The van der Waals surface area contributed by atoms with Crippen molar-refractivity contribution in [3.63, 3.8) is 0 Å². The van der Waals surface area contributed by atoms with Gasteiger partial charge in [0.1, 0.15) is 9.52 Å². The van der Waals surface area contributed by atoms with E-state index in [1.807, 2.05) is 0 Å². The van der Waals surface area contributed by atoms with E-state index in [1.54, 1.807) is 0 Å². The van der Waals surface area contributed by atoms with Crippen molar-refractivity contribution in [1.82, 2.24) is 0 Å². The molecule has 1 rings (SSSR count). The first kappa shape index (κ1) is 40.5. The zero-order valence-corrected chi connectivity index (χ0v) is 21.4. The highest BCUT2D eigenvalue weighted by molar-refractivity contribution is 6.41. The van der Waals surface area contributed by atoms with Crippen molar-refractivity contribution in [2.45, 2.75) is 95.9 Å². The van der Waals surface area contributed by atoms with E-state index in [2.05, 4.69) is 4.74 Å². The van der Waals surface area contributed by atoms with Crippen molar-refractivity contribution >= 4 is 9.52 Å². The maximum absolute atomic E-state index is 14.0. The lowest BCUT2D eigenvalue weighted by atomic mass is 9.85. The first-order valence-corrected chi connectivity index (χ1v) is 12.2. The molecule has 0 saturated carbocycles. The summed E-state index contributed by atoms with van der Waals surface area (Å²) in [5, 5.41) is 0. The fraction of sp³-hybridized carbons (Fsp3) is 1.00. The van der Waals surface area contributed by atoms with Gasteiger partial charge in [0.25, 0.3) is 5.55 Å². The first-order valence-electron chi connectivity index (χ1n) is 10.7. The Morgan fingerprint density at radius 2 is 0.636 bits per heavy atom. The topological polar surface area (TPSA) is 9.23 Å². The fourth-order valence-corrected chi connectivity index (χ4v) is 5.20. The SMILES string of the molecule is FC(F)(F)C(F)(F)C(F)(F)C(F)(F)C(F)(F)C(F)(F)C(F)(F)C(F)(F)C(F)(F)C(F)(F)C(F)(F)C(F)(F)[SiH2]C1CCCCO1. The third-order valence-electron chi connectivity index (χ3n) is 6.12. The maximum Gasteiger partial charge on any atom is 0.460 e. The van der Waals surface area contributed by atoms with Gasteiger partial charge in [0.15, 0.2) is 0 Å². The molecule has 1 heterocycles. The third kappa shape index (κ3) is 5.15. The molecule has 1 fully saturated rings. The van der Waals surface area contributed by atoms with Crippen molar-refractivity contribution < 1.29 is 114 Å². The minimum atomic E-state index is -9.57. The standard InChI is InChI=1S/C17H11F25OSi/c18-6(19,8(22,23)10(26,27)12(30,31)14(34,35)16(38,39)40)7(20,21)9(24,25)11(28,29)13(32,33)15(36,37)17(41,42)44-5-3-1-2-4-43-5/h5H,1-4,44H2. The van der Waals surface area contributed by atoms with E-state index in [0.717, 1.165) is 0 Å². The molecule has 0 N–H and O–H groups in total. The molecule has 1 saturated heterocycles. The van der Waals surface area contributed by atoms with Crippen molar-refractivity contribution in [2.24, 2.45) is 0 Å². The normalized spacial score (nSPS) is 20.5. The van der Waals surface area contributed by atoms with E-state index in [9.17, 15) is 110 Å². The van der Waals surface area contributed by atoms with Crippen LogP contribution < -0.4 is 0 Å². The molecule has 0 aliphatic carbocycles. The number of halogens is 25. The summed E-state index contributed by atoms with van der Waals surface area (Å²) >= 11 is 0. The summed E-state index contributed by atoms with van der Waals surface area (Å²) in [5.74, 6) is -91.0. The molecular weight excluding hydrogens is 723 g/mol. The number of rotatable bonds is 12. The molecule has 0 bridgehead atoms. The van der Waals surface area contributed by atoms with Crippen LogP contribution >= 0.6 is 0 Å². The van der Waals surface area contributed by atoms with Gasteiger partial charge in [-0.2, -0.15) is 101 Å². The van der Waals surface area contributed by atoms with Crippen LogP contribution in [0.1, 0.15) is 19.3 Å². The van der Waals surface area contributed by atoms with Gasteiger partial charge < -0.3 is 4.74 Å². The summed E-state index contributed by atoms with van der Waals surface area (Å²) in [6.07, 6.45) is -8.98. The van der Waals surface area contributed by atoms with Gasteiger partial charge in [-0.05, 0) is 19.3 Å². The second-order valence-electron chi connectivity index (χ2n) is 9.14. The summed E-state index contributed by atoms with van der Waals surface area (Å²) in [6.45, 7) is -0.544. The summed E-state index contributed by atoms with van der Waals surface area (Å²) in [6, 6.07) is 0. The molecule has 1 nitrogen and oxygen atoms in total. The summed E-state index contributed by atoms with van der Waals surface area (Å²) in [7, 11) is -4.40. The van der Waals surface area contributed by atoms with Gasteiger partial charge in [0, 0.05) is 12.3 Å². The van der Waals surface area contributed by atoms with Crippen LogP contribution in [0.25, 0.3) is 0 Å². The minimum absolute atomic E-state index is 0.0278.